The van der Waals surface area contributed by atoms with Crippen molar-refractivity contribution in [2.75, 3.05) is 0 Å². The molecule has 4 nitrogen and oxygen atoms in total. The van der Waals surface area contributed by atoms with E-state index in [9.17, 15) is 4.79 Å². The molecule has 0 radical (unpaired) electrons. The Bertz CT molecular complexity index is 884. The quantitative estimate of drug-likeness (QED) is 0.606. The molecule has 0 saturated heterocycles. The summed E-state index contributed by atoms with van der Waals surface area (Å²) in [4.78, 5) is 12.6. The van der Waals surface area contributed by atoms with Crippen molar-refractivity contribution in [2.24, 2.45) is 0 Å². The van der Waals surface area contributed by atoms with E-state index in [0.717, 1.165) is 16.9 Å². The largest absolute Gasteiger partial charge is 0.403 e. The van der Waals surface area contributed by atoms with Crippen LogP contribution in [0.3, 0.4) is 0 Å². The van der Waals surface area contributed by atoms with Gasteiger partial charge in [0.15, 0.2) is 0 Å². The van der Waals surface area contributed by atoms with Gasteiger partial charge in [0.25, 0.3) is 0 Å². The summed E-state index contributed by atoms with van der Waals surface area (Å²) in [6, 6.07) is 16.3. The fourth-order valence-corrected chi connectivity index (χ4v) is 2.88. The highest BCUT2D eigenvalue weighted by atomic mass is 35.5. The van der Waals surface area contributed by atoms with Crippen LogP contribution in [0.2, 0.25) is 5.02 Å². The molecule has 3 rings (SSSR count). The van der Waals surface area contributed by atoms with Gasteiger partial charge in [0.1, 0.15) is 0 Å². The van der Waals surface area contributed by atoms with E-state index in [2.05, 4.69) is 18.9 Å². The number of aromatic nitrogens is 2. The maximum atomic E-state index is 12.6. The van der Waals surface area contributed by atoms with Gasteiger partial charge in [-0.05, 0) is 49.2 Å². The zero-order valence-electron chi connectivity index (χ0n) is 14.4. The Morgan fingerprint density at radius 3 is 2.32 bits per heavy atom. The van der Waals surface area contributed by atoms with Crippen molar-refractivity contribution >= 4 is 17.6 Å². The van der Waals surface area contributed by atoms with Crippen molar-refractivity contribution in [1.82, 2.24) is 9.78 Å². The normalized spacial score (nSPS) is 10.9. The van der Waals surface area contributed by atoms with Crippen molar-refractivity contribution in [3.8, 4) is 11.6 Å². The summed E-state index contributed by atoms with van der Waals surface area (Å²) in [5.41, 5.74) is 3.05. The minimum absolute atomic E-state index is 0.172. The van der Waals surface area contributed by atoms with Crippen molar-refractivity contribution in [3.63, 3.8) is 0 Å². The number of rotatable bonds is 4. The first kappa shape index (κ1) is 17.2. The second-order valence-corrected chi connectivity index (χ2v) is 6.54. The minimum atomic E-state index is -0.435. The van der Waals surface area contributed by atoms with Crippen molar-refractivity contribution in [2.45, 2.75) is 26.7 Å². The van der Waals surface area contributed by atoms with Gasteiger partial charge in [-0.15, -0.1) is 0 Å². The Morgan fingerprint density at radius 2 is 1.72 bits per heavy atom. The van der Waals surface area contributed by atoms with Gasteiger partial charge in [0.2, 0.25) is 5.88 Å². The molecular formula is C20H19ClN2O2. The van der Waals surface area contributed by atoms with Crippen LogP contribution in [0.4, 0.5) is 0 Å². The van der Waals surface area contributed by atoms with Crippen LogP contribution in [0.5, 0.6) is 5.88 Å². The maximum absolute atomic E-state index is 12.6. The highest BCUT2D eigenvalue weighted by Gasteiger charge is 2.23. The lowest BCUT2D eigenvalue weighted by molar-refractivity contribution is 0.0721. The third kappa shape index (κ3) is 3.59. The number of hydrogen-bond acceptors (Lipinski definition) is 3. The molecule has 0 aliphatic rings. The van der Waals surface area contributed by atoms with Gasteiger partial charge in [-0.3, -0.25) is 0 Å². The lowest BCUT2D eigenvalue weighted by Crippen LogP contribution is -2.13. The Balaban J connectivity index is 2.04. The molecular weight excluding hydrogens is 336 g/mol. The molecule has 1 aromatic heterocycles. The van der Waals surface area contributed by atoms with E-state index in [1.54, 1.807) is 28.9 Å². The van der Waals surface area contributed by atoms with Crippen LogP contribution in [0.25, 0.3) is 5.69 Å². The molecule has 0 atom stereocenters. The molecule has 0 N–H and O–H groups in total. The van der Waals surface area contributed by atoms with Crippen LogP contribution in [-0.2, 0) is 0 Å². The third-order valence-electron chi connectivity index (χ3n) is 3.91. The van der Waals surface area contributed by atoms with Gasteiger partial charge in [-0.25, -0.2) is 9.48 Å². The zero-order valence-corrected chi connectivity index (χ0v) is 15.1. The maximum Gasteiger partial charge on any atom is 0.344 e. The molecule has 128 valence electrons. The van der Waals surface area contributed by atoms with E-state index in [4.69, 9.17) is 16.3 Å². The number of esters is 1. The number of hydrogen-bond donors (Lipinski definition) is 0. The number of benzene rings is 2. The van der Waals surface area contributed by atoms with Crippen molar-refractivity contribution in [3.05, 3.63) is 76.4 Å². The monoisotopic (exact) mass is 354 g/mol. The average Bonchev–Trinajstić information content (AvgIpc) is 2.92. The molecule has 0 aliphatic heterocycles. The molecule has 25 heavy (non-hydrogen) atoms. The van der Waals surface area contributed by atoms with Crippen LogP contribution in [0, 0.1) is 6.92 Å². The van der Waals surface area contributed by atoms with Crippen molar-refractivity contribution < 1.29 is 9.53 Å². The summed E-state index contributed by atoms with van der Waals surface area (Å²) in [6.07, 6.45) is 0. The second kappa shape index (κ2) is 7.11. The SMILES string of the molecule is Cc1nn(-c2ccccc2)c(OC(=O)c2ccc(Cl)cc2)c1C(C)C. The highest BCUT2D eigenvalue weighted by molar-refractivity contribution is 6.30. The van der Waals surface area contributed by atoms with E-state index < -0.39 is 5.97 Å². The molecule has 2 aromatic carbocycles. The smallest absolute Gasteiger partial charge is 0.344 e. The summed E-state index contributed by atoms with van der Waals surface area (Å²) in [7, 11) is 0. The summed E-state index contributed by atoms with van der Waals surface area (Å²) in [6.45, 7) is 6.03. The number of carbonyl (C=O) groups is 1. The molecule has 0 spiro atoms. The van der Waals surface area contributed by atoms with Crippen LogP contribution in [0.15, 0.2) is 54.6 Å². The van der Waals surface area contributed by atoms with Gasteiger partial charge in [-0.1, -0.05) is 43.6 Å². The van der Waals surface area contributed by atoms with Crippen LogP contribution < -0.4 is 4.74 Å². The van der Waals surface area contributed by atoms with E-state index in [-0.39, 0.29) is 5.92 Å². The molecule has 5 heteroatoms. The minimum Gasteiger partial charge on any atom is -0.403 e. The number of ether oxygens (including phenoxy) is 1. The molecule has 3 aromatic rings. The van der Waals surface area contributed by atoms with Gasteiger partial charge >= 0.3 is 5.97 Å². The number of aryl methyl sites for hydroxylation is 1. The Labute approximate surface area is 152 Å². The first-order valence-corrected chi connectivity index (χ1v) is 8.48. The molecule has 1 heterocycles. The van der Waals surface area contributed by atoms with Gasteiger partial charge in [-0.2, -0.15) is 5.10 Å². The zero-order chi connectivity index (χ0) is 18.0. The topological polar surface area (TPSA) is 44.1 Å². The highest BCUT2D eigenvalue weighted by Crippen LogP contribution is 2.32. The summed E-state index contributed by atoms with van der Waals surface area (Å²) < 4.78 is 7.44. The van der Waals surface area contributed by atoms with Crippen LogP contribution >= 0.6 is 11.6 Å². The lowest BCUT2D eigenvalue weighted by atomic mass is 10.0. The van der Waals surface area contributed by atoms with E-state index in [1.165, 1.54) is 0 Å². The van der Waals surface area contributed by atoms with Gasteiger partial charge in [0.05, 0.1) is 16.9 Å². The number of para-hydroxylation sites is 1. The van der Waals surface area contributed by atoms with E-state index >= 15 is 0 Å². The Kier molecular flexibility index (Phi) is 4.91. The van der Waals surface area contributed by atoms with E-state index in [0.29, 0.717) is 16.5 Å². The number of carbonyl (C=O) groups excluding carboxylic acids is 1. The van der Waals surface area contributed by atoms with E-state index in [1.807, 2.05) is 37.3 Å². The fourth-order valence-electron chi connectivity index (χ4n) is 2.76. The van der Waals surface area contributed by atoms with Crippen molar-refractivity contribution in [1.29, 1.82) is 0 Å². The molecule has 0 saturated carbocycles. The predicted octanol–water partition coefficient (Wildman–Crippen LogP) is 5.18. The first-order chi connectivity index (χ1) is 12.0. The standard InChI is InChI=1S/C20H19ClN2O2/c1-13(2)18-14(3)22-23(17-7-5-4-6-8-17)19(18)25-20(24)15-9-11-16(21)12-10-15/h4-13H,1-3H3. The number of nitrogens with zero attached hydrogens (tertiary/aromatic N) is 2. The average molecular weight is 355 g/mol. The molecule has 0 bridgehead atoms. The lowest BCUT2D eigenvalue weighted by Gasteiger charge is -2.12. The van der Waals surface area contributed by atoms with Gasteiger partial charge < -0.3 is 4.74 Å². The predicted molar refractivity (Wildman–Crippen MR) is 98.8 cm³/mol. The summed E-state index contributed by atoms with van der Waals surface area (Å²) >= 11 is 5.89. The fraction of sp³-hybridized carbons (Fsp3) is 0.200. The van der Waals surface area contributed by atoms with Gasteiger partial charge in [0, 0.05) is 10.6 Å². The van der Waals surface area contributed by atoms with Crippen LogP contribution in [-0.4, -0.2) is 15.7 Å². The van der Waals surface area contributed by atoms with Crippen LogP contribution in [0.1, 0.15) is 41.4 Å². The Morgan fingerprint density at radius 1 is 1.08 bits per heavy atom. The molecule has 0 amide bonds. The molecule has 0 aliphatic carbocycles. The number of halogens is 1. The summed E-state index contributed by atoms with van der Waals surface area (Å²) in [5.74, 6) is 0.194. The first-order valence-electron chi connectivity index (χ1n) is 8.10. The summed E-state index contributed by atoms with van der Waals surface area (Å²) in [5, 5.41) is 5.15. The second-order valence-electron chi connectivity index (χ2n) is 6.10. The molecule has 0 fully saturated rings. The Hall–Kier alpha value is -2.59. The molecule has 0 unspecified atom stereocenters. The third-order valence-corrected chi connectivity index (χ3v) is 4.16.